The van der Waals surface area contributed by atoms with E-state index in [1.54, 1.807) is 11.9 Å². The Morgan fingerprint density at radius 2 is 2.33 bits per heavy atom. The van der Waals surface area contributed by atoms with Crippen LogP contribution in [0.2, 0.25) is 0 Å². The Morgan fingerprint density at radius 3 is 2.78 bits per heavy atom. The second kappa shape index (κ2) is 6.18. The van der Waals surface area contributed by atoms with Crippen molar-refractivity contribution in [3.8, 4) is 0 Å². The number of hydrogen-bond acceptors (Lipinski definition) is 3. The van der Waals surface area contributed by atoms with E-state index >= 15 is 0 Å². The number of aliphatic imine (C=N–C) groups is 1. The zero-order chi connectivity index (χ0) is 13.7. The number of amides is 1. The van der Waals surface area contributed by atoms with Crippen LogP contribution in [0, 0.1) is 0 Å². The highest BCUT2D eigenvalue weighted by Gasteiger charge is 2.28. The molecule has 0 aromatic rings. The largest absolute Gasteiger partial charge is 0.463 e. The van der Waals surface area contributed by atoms with Gasteiger partial charge in [0.05, 0.1) is 11.7 Å². The van der Waals surface area contributed by atoms with Gasteiger partial charge in [0, 0.05) is 20.5 Å². The lowest BCUT2D eigenvalue weighted by Gasteiger charge is -2.20. The molecule has 1 N–H and O–H groups in total. The monoisotopic (exact) mass is 255 g/mol. The van der Waals surface area contributed by atoms with Crippen LogP contribution in [0.5, 0.6) is 0 Å². The van der Waals surface area contributed by atoms with Gasteiger partial charge in [-0.3, -0.25) is 4.79 Å². The number of nitrogens with one attached hydrogen (secondary N) is 1. The van der Waals surface area contributed by atoms with Crippen LogP contribution in [-0.2, 0) is 9.53 Å². The van der Waals surface area contributed by atoms with Crippen molar-refractivity contribution in [2.75, 3.05) is 20.7 Å². The Kier molecular flexibility index (Phi) is 4.88. The summed E-state index contributed by atoms with van der Waals surface area (Å²) in [5, 5.41) is 2.57. The molecule has 6 heteroatoms. The SMILES string of the molecule is C=C(F)C(=C)NC(=NC)OC[C@@H]1CCC(=O)N1C. The molecule has 0 spiro atoms. The Labute approximate surface area is 106 Å². The summed E-state index contributed by atoms with van der Waals surface area (Å²) >= 11 is 0. The van der Waals surface area contributed by atoms with Crippen molar-refractivity contribution < 1.29 is 13.9 Å². The van der Waals surface area contributed by atoms with Gasteiger partial charge in [-0.05, 0) is 6.42 Å². The van der Waals surface area contributed by atoms with Crippen molar-refractivity contribution in [1.29, 1.82) is 0 Å². The first-order chi connectivity index (χ1) is 8.45. The normalized spacial score (nSPS) is 19.9. The average Bonchev–Trinajstić information content (AvgIpc) is 2.65. The number of carbonyl (C=O) groups excluding carboxylic acids is 1. The van der Waals surface area contributed by atoms with Crippen LogP contribution in [0.1, 0.15) is 12.8 Å². The molecule has 0 radical (unpaired) electrons. The molecule has 1 aliphatic heterocycles. The molecule has 1 aliphatic rings. The zero-order valence-electron chi connectivity index (χ0n) is 10.7. The van der Waals surface area contributed by atoms with Gasteiger partial charge >= 0.3 is 0 Å². The second-order valence-electron chi connectivity index (χ2n) is 4.05. The molecule has 18 heavy (non-hydrogen) atoms. The number of carbonyl (C=O) groups is 1. The topological polar surface area (TPSA) is 53.9 Å². The molecule has 0 unspecified atom stereocenters. The van der Waals surface area contributed by atoms with Gasteiger partial charge in [-0.15, -0.1) is 0 Å². The van der Waals surface area contributed by atoms with Crippen LogP contribution in [0.25, 0.3) is 0 Å². The van der Waals surface area contributed by atoms with E-state index in [4.69, 9.17) is 4.74 Å². The molecule has 1 heterocycles. The highest BCUT2D eigenvalue weighted by molar-refractivity contribution is 5.79. The van der Waals surface area contributed by atoms with Gasteiger partial charge in [0.15, 0.2) is 0 Å². The third kappa shape index (κ3) is 3.58. The summed E-state index contributed by atoms with van der Waals surface area (Å²) in [5.74, 6) is -0.569. The lowest BCUT2D eigenvalue weighted by atomic mass is 10.2. The lowest BCUT2D eigenvalue weighted by Crippen LogP contribution is -2.35. The number of amidine groups is 1. The maximum atomic E-state index is 12.7. The van der Waals surface area contributed by atoms with E-state index < -0.39 is 5.83 Å². The third-order valence-electron chi connectivity index (χ3n) is 2.83. The number of allylic oxidation sites excluding steroid dienone is 1. The molecule has 1 rings (SSSR count). The van der Waals surface area contributed by atoms with Crippen molar-refractivity contribution in [3.63, 3.8) is 0 Å². The van der Waals surface area contributed by atoms with Crippen molar-refractivity contribution in [2.45, 2.75) is 18.9 Å². The predicted octanol–water partition coefficient (Wildman–Crippen LogP) is 1.20. The number of nitrogens with zero attached hydrogens (tertiary/aromatic N) is 2. The van der Waals surface area contributed by atoms with Gasteiger partial charge in [0.2, 0.25) is 5.91 Å². The Balaban J connectivity index is 2.44. The molecular formula is C12H18FN3O2. The molecule has 0 aromatic carbocycles. The Bertz CT molecular complexity index is 393. The van der Waals surface area contributed by atoms with Crippen LogP contribution in [-0.4, -0.2) is 43.6 Å². The maximum absolute atomic E-state index is 12.7. The first kappa shape index (κ1) is 14.2. The van der Waals surface area contributed by atoms with Crippen LogP contribution < -0.4 is 5.32 Å². The van der Waals surface area contributed by atoms with Crippen molar-refractivity contribution in [3.05, 3.63) is 24.7 Å². The predicted molar refractivity (Wildman–Crippen MR) is 67.6 cm³/mol. The standard InChI is InChI=1S/C12H18FN3O2/c1-8(13)9(2)15-12(14-3)18-7-10-5-6-11(17)16(10)4/h10H,1-2,5-7H2,3-4H3,(H,14,15)/t10-/m0/s1. The first-order valence-corrected chi connectivity index (χ1v) is 5.61. The van der Waals surface area contributed by atoms with E-state index in [1.165, 1.54) is 7.05 Å². The number of ether oxygens (including phenoxy) is 1. The Hall–Kier alpha value is -1.85. The minimum atomic E-state index is -0.673. The highest BCUT2D eigenvalue weighted by Crippen LogP contribution is 2.16. The van der Waals surface area contributed by atoms with Crippen LogP contribution >= 0.6 is 0 Å². The minimum Gasteiger partial charge on any atom is -0.463 e. The van der Waals surface area contributed by atoms with Crippen LogP contribution in [0.4, 0.5) is 4.39 Å². The fourth-order valence-corrected chi connectivity index (χ4v) is 1.59. The number of likely N-dealkylation sites (N-methyl/N-ethyl adjacent to an activating group) is 1. The zero-order valence-corrected chi connectivity index (χ0v) is 10.7. The number of likely N-dealkylation sites (tertiary alicyclic amines) is 1. The summed E-state index contributed by atoms with van der Waals surface area (Å²) in [7, 11) is 3.25. The summed E-state index contributed by atoms with van der Waals surface area (Å²) in [6.07, 6.45) is 1.29. The molecule has 0 saturated carbocycles. The van der Waals surface area contributed by atoms with E-state index in [9.17, 15) is 9.18 Å². The smallest absolute Gasteiger partial charge is 0.289 e. The van der Waals surface area contributed by atoms with E-state index in [0.717, 1.165) is 6.42 Å². The van der Waals surface area contributed by atoms with E-state index in [-0.39, 0.29) is 23.7 Å². The summed E-state index contributed by atoms with van der Waals surface area (Å²) in [5.41, 5.74) is 0.00597. The van der Waals surface area contributed by atoms with Crippen LogP contribution in [0.15, 0.2) is 29.7 Å². The van der Waals surface area contributed by atoms with Crippen LogP contribution in [0.3, 0.4) is 0 Å². The molecule has 1 fully saturated rings. The lowest BCUT2D eigenvalue weighted by molar-refractivity contribution is -0.128. The molecule has 0 aromatic heterocycles. The molecule has 0 aliphatic carbocycles. The quantitative estimate of drug-likeness (QED) is 0.466. The van der Waals surface area contributed by atoms with Gasteiger partial charge in [-0.25, -0.2) is 9.38 Å². The molecule has 5 nitrogen and oxygen atoms in total. The maximum Gasteiger partial charge on any atom is 0.289 e. The van der Waals surface area contributed by atoms with Gasteiger partial charge in [-0.1, -0.05) is 13.2 Å². The minimum absolute atomic E-state index is 0.00597. The summed E-state index contributed by atoms with van der Waals surface area (Å²) < 4.78 is 18.1. The van der Waals surface area contributed by atoms with Gasteiger partial charge in [0.25, 0.3) is 6.02 Å². The Morgan fingerprint density at radius 1 is 1.67 bits per heavy atom. The average molecular weight is 255 g/mol. The van der Waals surface area contributed by atoms with Crippen molar-refractivity contribution in [2.24, 2.45) is 4.99 Å². The van der Waals surface area contributed by atoms with Gasteiger partial charge in [0.1, 0.15) is 12.4 Å². The molecule has 1 atom stereocenters. The highest BCUT2D eigenvalue weighted by atomic mass is 19.1. The molecule has 100 valence electrons. The second-order valence-corrected chi connectivity index (χ2v) is 4.05. The van der Waals surface area contributed by atoms with Gasteiger partial charge < -0.3 is 15.0 Å². The fourth-order valence-electron chi connectivity index (χ4n) is 1.59. The number of rotatable bonds is 4. The van der Waals surface area contributed by atoms with E-state index in [1.807, 2.05) is 0 Å². The third-order valence-corrected chi connectivity index (χ3v) is 2.83. The number of halogens is 1. The van der Waals surface area contributed by atoms with Gasteiger partial charge in [-0.2, -0.15) is 0 Å². The van der Waals surface area contributed by atoms with E-state index in [2.05, 4.69) is 23.5 Å². The fraction of sp³-hybridized carbons (Fsp3) is 0.500. The van der Waals surface area contributed by atoms with Crippen molar-refractivity contribution >= 4 is 11.9 Å². The summed E-state index contributed by atoms with van der Waals surface area (Å²) in [6.45, 7) is 6.86. The van der Waals surface area contributed by atoms with E-state index in [0.29, 0.717) is 13.0 Å². The number of hydrogen-bond donors (Lipinski definition) is 1. The molecular weight excluding hydrogens is 237 g/mol. The molecule has 1 saturated heterocycles. The summed E-state index contributed by atoms with van der Waals surface area (Å²) in [4.78, 5) is 16.8. The van der Waals surface area contributed by atoms with Crippen molar-refractivity contribution in [1.82, 2.24) is 10.2 Å². The molecule has 0 bridgehead atoms. The first-order valence-electron chi connectivity index (χ1n) is 5.61. The molecule has 1 amide bonds. The summed E-state index contributed by atoms with van der Waals surface area (Å²) in [6, 6.07) is 0.185.